The first-order chi connectivity index (χ1) is 10.8. The van der Waals surface area contributed by atoms with Crippen molar-refractivity contribution in [2.45, 2.75) is 52.6 Å². The number of amides is 1. The topological polar surface area (TPSA) is 29.5 Å². The number of carbonyl (C=O) groups is 1. The predicted octanol–water partition coefficient (Wildman–Crippen LogP) is 4.60. The number of hydrogen-bond acceptors (Lipinski definition) is 2. The van der Waals surface area contributed by atoms with Gasteiger partial charge in [-0.1, -0.05) is 24.3 Å². The molecule has 0 bridgehead atoms. The van der Waals surface area contributed by atoms with E-state index in [0.717, 1.165) is 22.1 Å². The summed E-state index contributed by atoms with van der Waals surface area (Å²) in [5.74, 6) is 0.884. The molecule has 2 aromatic carbocycles. The zero-order valence-corrected chi connectivity index (χ0v) is 15.0. The number of benzene rings is 2. The molecule has 0 fully saturated rings. The third kappa shape index (κ3) is 3.66. The lowest BCUT2D eigenvalue weighted by Crippen LogP contribution is -2.44. The molecule has 0 radical (unpaired) electrons. The van der Waals surface area contributed by atoms with Crippen LogP contribution in [0.15, 0.2) is 36.4 Å². The monoisotopic (exact) mass is 313 g/mol. The maximum atomic E-state index is 12.9. The van der Waals surface area contributed by atoms with Crippen LogP contribution in [0.25, 0.3) is 10.8 Å². The molecule has 0 saturated heterocycles. The minimum Gasteiger partial charge on any atom is -0.497 e. The van der Waals surface area contributed by atoms with Gasteiger partial charge in [-0.2, -0.15) is 0 Å². The van der Waals surface area contributed by atoms with Gasteiger partial charge in [0.1, 0.15) is 5.75 Å². The van der Waals surface area contributed by atoms with Crippen molar-refractivity contribution in [3.8, 4) is 5.75 Å². The summed E-state index contributed by atoms with van der Waals surface area (Å²) in [7, 11) is 1.67. The summed E-state index contributed by atoms with van der Waals surface area (Å²) in [5, 5.41) is 2.25. The molecule has 2 rings (SSSR count). The molecule has 0 aliphatic heterocycles. The SMILES string of the molecule is COc1ccc2cc([C@H](C)C(=O)N(C(C)C)C(C)C)ccc2c1. The van der Waals surface area contributed by atoms with Crippen molar-refractivity contribution in [1.29, 1.82) is 0 Å². The number of ether oxygens (including phenoxy) is 1. The summed E-state index contributed by atoms with van der Waals surface area (Å²) in [6, 6.07) is 12.6. The molecule has 0 N–H and O–H groups in total. The summed E-state index contributed by atoms with van der Waals surface area (Å²) in [4.78, 5) is 14.8. The van der Waals surface area contributed by atoms with Gasteiger partial charge in [-0.05, 0) is 63.1 Å². The third-order valence-electron chi connectivity index (χ3n) is 4.31. The standard InChI is InChI=1S/C20H27NO2/c1-13(2)21(14(3)4)20(22)15(5)16-7-8-18-12-19(23-6)10-9-17(18)11-16/h7-15H,1-6H3/t15-/m0/s1. The largest absolute Gasteiger partial charge is 0.497 e. The molecule has 1 atom stereocenters. The van der Waals surface area contributed by atoms with Crippen molar-refractivity contribution < 1.29 is 9.53 Å². The number of rotatable bonds is 5. The minimum absolute atomic E-state index is 0.147. The van der Waals surface area contributed by atoms with E-state index in [4.69, 9.17) is 4.74 Å². The van der Waals surface area contributed by atoms with Gasteiger partial charge in [-0.25, -0.2) is 0 Å². The van der Waals surface area contributed by atoms with Crippen LogP contribution in [0.1, 0.15) is 46.1 Å². The number of hydrogen-bond donors (Lipinski definition) is 0. The Morgan fingerprint density at radius 3 is 2.04 bits per heavy atom. The number of fused-ring (bicyclic) bond motifs is 1. The Bertz CT molecular complexity index is 683. The van der Waals surface area contributed by atoms with Gasteiger partial charge in [0.25, 0.3) is 0 Å². The Morgan fingerprint density at radius 2 is 1.48 bits per heavy atom. The number of methoxy groups -OCH3 is 1. The maximum Gasteiger partial charge on any atom is 0.230 e. The van der Waals surface area contributed by atoms with E-state index in [0.29, 0.717) is 0 Å². The van der Waals surface area contributed by atoms with Crippen LogP contribution in [0.3, 0.4) is 0 Å². The number of nitrogens with zero attached hydrogens (tertiary/aromatic N) is 1. The van der Waals surface area contributed by atoms with Gasteiger partial charge in [-0.3, -0.25) is 4.79 Å². The van der Waals surface area contributed by atoms with E-state index < -0.39 is 0 Å². The summed E-state index contributed by atoms with van der Waals surface area (Å²) in [6.45, 7) is 10.3. The lowest BCUT2D eigenvalue weighted by molar-refractivity contribution is -0.136. The Hall–Kier alpha value is -2.03. The molecule has 2 aromatic rings. The first kappa shape index (κ1) is 17.3. The van der Waals surface area contributed by atoms with Gasteiger partial charge >= 0.3 is 0 Å². The fraction of sp³-hybridized carbons (Fsp3) is 0.450. The summed E-state index contributed by atoms with van der Waals surface area (Å²) in [6.07, 6.45) is 0. The molecule has 0 aliphatic carbocycles. The zero-order chi connectivity index (χ0) is 17.1. The van der Waals surface area contributed by atoms with E-state index in [1.54, 1.807) is 7.11 Å². The fourth-order valence-electron chi connectivity index (χ4n) is 3.11. The summed E-state index contributed by atoms with van der Waals surface area (Å²) >= 11 is 0. The van der Waals surface area contributed by atoms with Gasteiger partial charge in [0.05, 0.1) is 13.0 Å². The smallest absolute Gasteiger partial charge is 0.230 e. The predicted molar refractivity (Wildman–Crippen MR) is 96.0 cm³/mol. The quantitative estimate of drug-likeness (QED) is 0.807. The first-order valence-corrected chi connectivity index (χ1v) is 8.25. The Morgan fingerprint density at radius 1 is 0.913 bits per heavy atom. The second kappa shape index (κ2) is 7.03. The Kier molecular flexibility index (Phi) is 5.30. The van der Waals surface area contributed by atoms with Crippen LogP contribution in [0, 0.1) is 0 Å². The second-order valence-electron chi connectivity index (χ2n) is 6.63. The van der Waals surface area contributed by atoms with Gasteiger partial charge in [0.2, 0.25) is 5.91 Å². The molecule has 3 heteroatoms. The van der Waals surface area contributed by atoms with Crippen molar-refractivity contribution in [2.24, 2.45) is 0 Å². The van der Waals surface area contributed by atoms with Crippen LogP contribution in [-0.4, -0.2) is 30.0 Å². The Balaban J connectivity index is 2.33. The molecular formula is C20H27NO2. The average molecular weight is 313 g/mol. The van der Waals surface area contributed by atoms with E-state index >= 15 is 0 Å². The van der Waals surface area contributed by atoms with Crippen LogP contribution in [-0.2, 0) is 4.79 Å². The highest BCUT2D eigenvalue weighted by Gasteiger charge is 2.26. The van der Waals surface area contributed by atoms with Crippen molar-refractivity contribution in [3.05, 3.63) is 42.0 Å². The molecule has 0 aliphatic rings. The van der Waals surface area contributed by atoms with Gasteiger partial charge in [-0.15, -0.1) is 0 Å². The molecule has 0 saturated carbocycles. The molecular weight excluding hydrogens is 286 g/mol. The zero-order valence-electron chi connectivity index (χ0n) is 15.0. The highest BCUT2D eigenvalue weighted by Crippen LogP contribution is 2.27. The molecule has 0 heterocycles. The minimum atomic E-state index is -0.147. The average Bonchev–Trinajstić information content (AvgIpc) is 2.52. The highest BCUT2D eigenvalue weighted by molar-refractivity contribution is 5.88. The van der Waals surface area contributed by atoms with Crippen molar-refractivity contribution in [3.63, 3.8) is 0 Å². The second-order valence-corrected chi connectivity index (χ2v) is 6.63. The number of carbonyl (C=O) groups excluding carboxylic acids is 1. The van der Waals surface area contributed by atoms with E-state index in [2.05, 4.69) is 39.8 Å². The fourth-order valence-corrected chi connectivity index (χ4v) is 3.11. The van der Waals surface area contributed by atoms with E-state index in [9.17, 15) is 4.79 Å². The van der Waals surface area contributed by atoms with Crippen molar-refractivity contribution in [2.75, 3.05) is 7.11 Å². The van der Waals surface area contributed by atoms with Crippen molar-refractivity contribution >= 4 is 16.7 Å². The first-order valence-electron chi connectivity index (χ1n) is 8.25. The van der Waals surface area contributed by atoms with Gasteiger partial charge in [0.15, 0.2) is 0 Å². The van der Waals surface area contributed by atoms with Gasteiger partial charge < -0.3 is 9.64 Å². The maximum absolute atomic E-state index is 12.9. The van der Waals surface area contributed by atoms with E-state index in [-0.39, 0.29) is 23.9 Å². The van der Waals surface area contributed by atoms with Gasteiger partial charge in [0, 0.05) is 12.1 Å². The molecule has 0 unspecified atom stereocenters. The van der Waals surface area contributed by atoms with Crippen LogP contribution in [0.2, 0.25) is 0 Å². The molecule has 23 heavy (non-hydrogen) atoms. The van der Waals surface area contributed by atoms with Crippen molar-refractivity contribution in [1.82, 2.24) is 4.90 Å². The summed E-state index contributed by atoms with van der Waals surface area (Å²) < 4.78 is 5.26. The van der Waals surface area contributed by atoms with Crippen LogP contribution >= 0.6 is 0 Å². The molecule has 124 valence electrons. The Labute approximate surface area is 139 Å². The van der Waals surface area contributed by atoms with E-state index in [1.807, 2.05) is 36.1 Å². The summed E-state index contributed by atoms with van der Waals surface area (Å²) in [5.41, 5.74) is 1.05. The van der Waals surface area contributed by atoms with E-state index in [1.165, 1.54) is 0 Å². The van der Waals surface area contributed by atoms with Crippen LogP contribution in [0.5, 0.6) is 5.75 Å². The highest BCUT2D eigenvalue weighted by atomic mass is 16.5. The normalized spacial score (nSPS) is 12.7. The lowest BCUT2D eigenvalue weighted by atomic mass is 9.95. The van der Waals surface area contributed by atoms with Crippen LogP contribution < -0.4 is 4.74 Å². The third-order valence-corrected chi connectivity index (χ3v) is 4.31. The lowest BCUT2D eigenvalue weighted by Gasteiger charge is -2.33. The molecule has 3 nitrogen and oxygen atoms in total. The van der Waals surface area contributed by atoms with Crippen LogP contribution in [0.4, 0.5) is 0 Å². The molecule has 0 spiro atoms. The molecule has 0 aromatic heterocycles. The molecule has 1 amide bonds.